The number of aryl methyl sites for hydroxylation is 2. The number of halogens is 1. The van der Waals surface area contributed by atoms with Gasteiger partial charge in [-0.25, -0.2) is 9.37 Å². The van der Waals surface area contributed by atoms with Gasteiger partial charge in [-0.2, -0.15) is 0 Å². The van der Waals surface area contributed by atoms with Crippen LogP contribution >= 0.6 is 11.3 Å². The molecule has 2 nitrogen and oxygen atoms in total. The third-order valence-electron chi connectivity index (χ3n) is 2.92. The minimum absolute atomic E-state index is 0.185. The van der Waals surface area contributed by atoms with E-state index in [-0.39, 0.29) is 11.9 Å². The molecule has 2 rings (SSSR count). The Morgan fingerprint density at radius 3 is 2.83 bits per heavy atom. The molecule has 0 aliphatic carbocycles. The van der Waals surface area contributed by atoms with Gasteiger partial charge in [0, 0.05) is 17.6 Å². The van der Waals surface area contributed by atoms with Gasteiger partial charge in [-0.05, 0) is 44.0 Å². The summed E-state index contributed by atoms with van der Waals surface area (Å²) in [5.41, 5.74) is 2.10. The van der Waals surface area contributed by atoms with Gasteiger partial charge < -0.3 is 5.32 Å². The van der Waals surface area contributed by atoms with Crippen LogP contribution in [0.4, 0.5) is 4.39 Å². The molecule has 4 heteroatoms. The van der Waals surface area contributed by atoms with Crippen molar-refractivity contribution in [2.45, 2.75) is 33.4 Å². The van der Waals surface area contributed by atoms with E-state index in [2.05, 4.69) is 17.2 Å². The first-order chi connectivity index (χ1) is 8.56. The van der Waals surface area contributed by atoms with Crippen molar-refractivity contribution in [3.05, 3.63) is 51.2 Å². The summed E-state index contributed by atoms with van der Waals surface area (Å²) in [6.07, 6.45) is 1.88. The molecule has 0 radical (unpaired) electrons. The van der Waals surface area contributed by atoms with Gasteiger partial charge in [0.1, 0.15) is 10.8 Å². The summed E-state index contributed by atoms with van der Waals surface area (Å²) >= 11 is 1.69. The highest BCUT2D eigenvalue weighted by Crippen LogP contribution is 2.20. The first kappa shape index (κ1) is 13.2. The fraction of sp³-hybridized carbons (Fsp3) is 0.357. The molecule has 2 aromatic rings. The highest BCUT2D eigenvalue weighted by atomic mass is 32.1. The van der Waals surface area contributed by atoms with Gasteiger partial charge in [-0.1, -0.05) is 6.07 Å². The van der Waals surface area contributed by atoms with Crippen molar-refractivity contribution in [2.75, 3.05) is 0 Å². The van der Waals surface area contributed by atoms with Crippen LogP contribution in [0.15, 0.2) is 24.4 Å². The van der Waals surface area contributed by atoms with Crippen molar-refractivity contribution < 1.29 is 4.39 Å². The molecule has 1 heterocycles. The largest absolute Gasteiger partial charge is 0.304 e. The van der Waals surface area contributed by atoms with Gasteiger partial charge in [0.15, 0.2) is 0 Å². The molecule has 0 saturated heterocycles. The van der Waals surface area contributed by atoms with Crippen LogP contribution in [0.5, 0.6) is 0 Å². The Morgan fingerprint density at radius 2 is 2.17 bits per heavy atom. The van der Waals surface area contributed by atoms with E-state index in [1.807, 2.05) is 26.1 Å². The minimum atomic E-state index is -0.185. The average molecular weight is 264 g/mol. The summed E-state index contributed by atoms with van der Waals surface area (Å²) in [7, 11) is 0. The molecule has 0 aliphatic heterocycles. The summed E-state index contributed by atoms with van der Waals surface area (Å²) < 4.78 is 13.2. The fourth-order valence-electron chi connectivity index (χ4n) is 1.75. The third kappa shape index (κ3) is 3.15. The quantitative estimate of drug-likeness (QED) is 0.909. The van der Waals surface area contributed by atoms with Crippen molar-refractivity contribution in [3.8, 4) is 0 Å². The van der Waals surface area contributed by atoms with Crippen molar-refractivity contribution >= 4 is 11.3 Å². The predicted molar refractivity (Wildman–Crippen MR) is 73.2 cm³/mol. The molecule has 1 aromatic carbocycles. The maximum atomic E-state index is 13.2. The fourth-order valence-corrected chi connectivity index (χ4v) is 2.55. The van der Waals surface area contributed by atoms with Crippen molar-refractivity contribution in [3.63, 3.8) is 0 Å². The Balaban J connectivity index is 2.01. The van der Waals surface area contributed by atoms with E-state index in [9.17, 15) is 4.39 Å². The summed E-state index contributed by atoms with van der Waals surface area (Å²) in [6.45, 7) is 6.77. The molecule has 18 heavy (non-hydrogen) atoms. The van der Waals surface area contributed by atoms with E-state index < -0.39 is 0 Å². The molecule has 1 atom stereocenters. The Morgan fingerprint density at radius 1 is 1.39 bits per heavy atom. The molecule has 96 valence electrons. The summed E-state index contributed by atoms with van der Waals surface area (Å²) in [4.78, 5) is 5.56. The van der Waals surface area contributed by atoms with E-state index in [1.165, 1.54) is 10.9 Å². The highest BCUT2D eigenvalue weighted by molar-refractivity contribution is 7.11. The first-order valence-corrected chi connectivity index (χ1v) is 6.78. The van der Waals surface area contributed by atoms with Crippen LogP contribution in [0.1, 0.15) is 34.0 Å². The Hall–Kier alpha value is -1.26. The first-order valence-electron chi connectivity index (χ1n) is 5.97. The number of nitrogens with one attached hydrogen (secondary N) is 1. The van der Waals surface area contributed by atoms with Gasteiger partial charge >= 0.3 is 0 Å². The van der Waals surface area contributed by atoms with Gasteiger partial charge in [0.05, 0.1) is 6.04 Å². The lowest BCUT2D eigenvalue weighted by Gasteiger charge is -2.12. The van der Waals surface area contributed by atoms with Crippen LogP contribution in [0.2, 0.25) is 0 Å². The molecule has 1 unspecified atom stereocenters. The molecule has 0 amide bonds. The molecule has 0 aliphatic rings. The number of thiazole rings is 1. The highest BCUT2D eigenvalue weighted by Gasteiger charge is 2.09. The summed E-state index contributed by atoms with van der Waals surface area (Å²) in [5.74, 6) is -0.185. The van der Waals surface area contributed by atoms with Crippen molar-refractivity contribution in [1.29, 1.82) is 0 Å². The van der Waals surface area contributed by atoms with Crippen LogP contribution in [0.3, 0.4) is 0 Å². The van der Waals surface area contributed by atoms with Crippen molar-refractivity contribution in [2.24, 2.45) is 0 Å². The maximum absolute atomic E-state index is 13.2. The number of hydrogen-bond acceptors (Lipinski definition) is 3. The van der Waals surface area contributed by atoms with E-state index >= 15 is 0 Å². The van der Waals surface area contributed by atoms with Crippen LogP contribution in [0.25, 0.3) is 0 Å². The zero-order valence-electron chi connectivity index (χ0n) is 10.8. The summed E-state index contributed by atoms with van der Waals surface area (Å²) in [6, 6.07) is 5.07. The minimum Gasteiger partial charge on any atom is -0.304 e. The van der Waals surface area contributed by atoms with Gasteiger partial charge in [0.25, 0.3) is 0 Å². The Labute approximate surface area is 111 Å². The lowest BCUT2D eigenvalue weighted by molar-refractivity contribution is 0.565. The lowest BCUT2D eigenvalue weighted by atomic mass is 10.1. The molecule has 1 N–H and O–H groups in total. The normalized spacial score (nSPS) is 12.7. The molecular formula is C14H17FN2S. The van der Waals surface area contributed by atoms with Crippen LogP contribution in [-0.4, -0.2) is 4.98 Å². The number of aromatic nitrogens is 1. The second-order valence-electron chi connectivity index (χ2n) is 4.48. The molecular weight excluding hydrogens is 247 g/mol. The molecule has 1 aromatic heterocycles. The topological polar surface area (TPSA) is 24.9 Å². The molecule has 0 bridgehead atoms. The van der Waals surface area contributed by atoms with Gasteiger partial charge in [0.2, 0.25) is 0 Å². The zero-order valence-corrected chi connectivity index (χ0v) is 11.6. The van der Waals surface area contributed by atoms with Crippen LogP contribution < -0.4 is 5.32 Å². The summed E-state index contributed by atoms with van der Waals surface area (Å²) in [5, 5.41) is 4.45. The van der Waals surface area contributed by atoms with E-state index in [1.54, 1.807) is 17.4 Å². The second kappa shape index (κ2) is 5.59. The van der Waals surface area contributed by atoms with Crippen LogP contribution in [0, 0.1) is 19.7 Å². The van der Waals surface area contributed by atoms with Gasteiger partial charge in [-0.3, -0.25) is 0 Å². The number of nitrogens with zero attached hydrogens (tertiary/aromatic N) is 1. The van der Waals surface area contributed by atoms with E-state index in [0.717, 1.165) is 16.1 Å². The number of hydrogen-bond donors (Lipinski definition) is 1. The number of benzene rings is 1. The molecule has 0 spiro atoms. The SMILES string of the molecule is Cc1cnc(C(C)NCc2cc(F)ccc2C)s1. The monoisotopic (exact) mass is 264 g/mol. The van der Waals surface area contributed by atoms with Crippen LogP contribution in [-0.2, 0) is 6.54 Å². The van der Waals surface area contributed by atoms with Gasteiger partial charge in [-0.15, -0.1) is 11.3 Å². The van der Waals surface area contributed by atoms with Crippen molar-refractivity contribution in [1.82, 2.24) is 10.3 Å². The van der Waals surface area contributed by atoms with E-state index in [4.69, 9.17) is 0 Å². The Kier molecular flexibility index (Phi) is 4.09. The van der Waals surface area contributed by atoms with E-state index in [0.29, 0.717) is 6.54 Å². The maximum Gasteiger partial charge on any atom is 0.123 e. The second-order valence-corrected chi connectivity index (χ2v) is 5.75. The lowest BCUT2D eigenvalue weighted by Crippen LogP contribution is -2.18. The third-order valence-corrected chi connectivity index (χ3v) is 4.01. The smallest absolute Gasteiger partial charge is 0.123 e. The predicted octanol–water partition coefficient (Wildman–Crippen LogP) is 3.75. The molecule has 0 saturated carbocycles. The average Bonchev–Trinajstić information content (AvgIpc) is 2.77. The zero-order chi connectivity index (χ0) is 13.1. The number of rotatable bonds is 4. The molecule has 0 fully saturated rings. The Bertz CT molecular complexity index is 536. The standard InChI is InChI=1S/C14H17FN2S/c1-9-4-5-13(15)6-12(9)8-16-11(3)14-17-7-10(2)18-14/h4-7,11,16H,8H2,1-3H3.